The van der Waals surface area contributed by atoms with Crippen LogP contribution in [-0.4, -0.2) is 25.7 Å². The lowest BCUT2D eigenvalue weighted by Crippen LogP contribution is -2.43. The fraction of sp³-hybridized carbons (Fsp3) is 0.933. The number of esters is 1. The van der Waals surface area contributed by atoms with Gasteiger partial charge in [0.1, 0.15) is 6.04 Å². The molecule has 0 saturated heterocycles. The van der Waals surface area contributed by atoms with Crippen LogP contribution in [0.25, 0.3) is 0 Å². The van der Waals surface area contributed by atoms with E-state index in [1.165, 1.54) is 45.6 Å². The molecule has 0 amide bonds. The van der Waals surface area contributed by atoms with Gasteiger partial charge in [-0.3, -0.25) is 4.79 Å². The van der Waals surface area contributed by atoms with Gasteiger partial charge >= 0.3 is 5.97 Å². The van der Waals surface area contributed by atoms with E-state index in [1.54, 1.807) is 0 Å². The molecule has 0 spiro atoms. The first-order chi connectivity index (χ1) is 8.69. The van der Waals surface area contributed by atoms with E-state index >= 15 is 0 Å². The van der Waals surface area contributed by atoms with Crippen molar-refractivity contribution in [2.45, 2.75) is 64.8 Å². The molecule has 1 aliphatic carbocycles. The van der Waals surface area contributed by atoms with E-state index in [1.807, 2.05) is 0 Å². The van der Waals surface area contributed by atoms with E-state index in [0.29, 0.717) is 5.92 Å². The van der Waals surface area contributed by atoms with Crippen LogP contribution in [0, 0.1) is 11.8 Å². The molecule has 0 bridgehead atoms. The molecule has 0 aromatic carbocycles. The van der Waals surface area contributed by atoms with Gasteiger partial charge in [0.25, 0.3) is 0 Å². The lowest BCUT2D eigenvalue weighted by atomic mass is 9.87. The second kappa shape index (κ2) is 8.52. The minimum Gasteiger partial charge on any atom is -0.468 e. The summed E-state index contributed by atoms with van der Waals surface area (Å²) in [6, 6.07) is -0.136. The predicted molar refractivity (Wildman–Crippen MR) is 74.5 cm³/mol. The van der Waals surface area contributed by atoms with Crippen molar-refractivity contribution in [2.24, 2.45) is 11.8 Å². The van der Waals surface area contributed by atoms with Gasteiger partial charge in [0.05, 0.1) is 7.11 Å². The second-order valence-corrected chi connectivity index (χ2v) is 5.63. The summed E-state index contributed by atoms with van der Waals surface area (Å²) in [6.45, 7) is 5.16. The Morgan fingerprint density at radius 1 is 1.33 bits per heavy atom. The van der Waals surface area contributed by atoms with Gasteiger partial charge < -0.3 is 10.1 Å². The molecule has 0 aromatic rings. The number of rotatable bonds is 7. The fourth-order valence-electron chi connectivity index (χ4n) is 2.80. The maximum atomic E-state index is 11.7. The molecule has 1 aliphatic rings. The van der Waals surface area contributed by atoms with E-state index in [4.69, 9.17) is 4.74 Å². The monoisotopic (exact) mass is 255 g/mol. The van der Waals surface area contributed by atoms with Crippen LogP contribution >= 0.6 is 0 Å². The molecule has 2 atom stereocenters. The van der Waals surface area contributed by atoms with Gasteiger partial charge in [-0.1, -0.05) is 52.4 Å². The molecular formula is C15H29NO2. The van der Waals surface area contributed by atoms with Crippen molar-refractivity contribution in [3.63, 3.8) is 0 Å². The molecule has 1 saturated carbocycles. The Morgan fingerprint density at radius 3 is 2.56 bits per heavy atom. The minimum absolute atomic E-state index is 0.118. The number of ether oxygens (including phenoxy) is 1. The summed E-state index contributed by atoms with van der Waals surface area (Å²) in [5.41, 5.74) is 0. The summed E-state index contributed by atoms with van der Waals surface area (Å²) in [5.74, 6) is 1.08. The normalized spacial score (nSPS) is 20.4. The van der Waals surface area contributed by atoms with Gasteiger partial charge in [-0.15, -0.1) is 0 Å². The SMILES string of the molecule is CCC(C)C(NCCC1CCCCC1)C(=O)OC. The smallest absolute Gasteiger partial charge is 0.323 e. The van der Waals surface area contributed by atoms with Crippen molar-refractivity contribution in [3.05, 3.63) is 0 Å². The number of nitrogens with one attached hydrogen (secondary N) is 1. The van der Waals surface area contributed by atoms with E-state index in [9.17, 15) is 4.79 Å². The zero-order chi connectivity index (χ0) is 13.4. The third-order valence-corrected chi connectivity index (χ3v) is 4.31. The van der Waals surface area contributed by atoms with Crippen LogP contribution in [0.2, 0.25) is 0 Å². The highest BCUT2D eigenvalue weighted by Gasteiger charge is 2.24. The zero-order valence-corrected chi connectivity index (χ0v) is 12.2. The molecule has 3 heteroatoms. The van der Waals surface area contributed by atoms with E-state index in [2.05, 4.69) is 19.2 Å². The van der Waals surface area contributed by atoms with Crippen LogP contribution < -0.4 is 5.32 Å². The van der Waals surface area contributed by atoms with E-state index < -0.39 is 0 Å². The Balaban J connectivity index is 2.29. The Kier molecular flexibility index (Phi) is 7.33. The average molecular weight is 255 g/mol. The molecule has 0 aromatic heterocycles. The van der Waals surface area contributed by atoms with Crippen molar-refractivity contribution in [2.75, 3.05) is 13.7 Å². The average Bonchev–Trinajstić information content (AvgIpc) is 2.43. The van der Waals surface area contributed by atoms with Crippen LogP contribution in [0.1, 0.15) is 58.8 Å². The molecule has 1 fully saturated rings. The molecule has 0 heterocycles. The van der Waals surface area contributed by atoms with Gasteiger partial charge in [-0.25, -0.2) is 0 Å². The van der Waals surface area contributed by atoms with Crippen LogP contribution in [0.15, 0.2) is 0 Å². The second-order valence-electron chi connectivity index (χ2n) is 5.63. The first kappa shape index (κ1) is 15.5. The Hall–Kier alpha value is -0.570. The topological polar surface area (TPSA) is 38.3 Å². The molecule has 1 N–H and O–H groups in total. The highest BCUT2D eigenvalue weighted by molar-refractivity contribution is 5.75. The van der Waals surface area contributed by atoms with Gasteiger partial charge in [0.2, 0.25) is 0 Å². The van der Waals surface area contributed by atoms with Crippen LogP contribution in [-0.2, 0) is 9.53 Å². The number of hydrogen-bond donors (Lipinski definition) is 1. The van der Waals surface area contributed by atoms with Crippen molar-refractivity contribution >= 4 is 5.97 Å². The molecule has 1 rings (SSSR count). The van der Waals surface area contributed by atoms with E-state index in [-0.39, 0.29) is 12.0 Å². The van der Waals surface area contributed by atoms with Crippen LogP contribution in [0.5, 0.6) is 0 Å². The lowest BCUT2D eigenvalue weighted by Gasteiger charge is -2.25. The maximum Gasteiger partial charge on any atom is 0.323 e. The number of carbonyl (C=O) groups is 1. The third-order valence-electron chi connectivity index (χ3n) is 4.31. The summed E-state index contributed by atoms with van der Waals surface area (Å²) < 4.78 is 4.88. The maximum absolute atomic E-state index is 11.7. The third kappa shape index (κ3) is 4.97. The van der Waals surface area contributed by atoms with Gasteiger partial charge in [0, 0.05) is 0 Å². The molecule has 0 aliphatic heterocycles. The van der Waals surface area contributed by atoms with Crippen molar-refractivity contribution in [1.29, 1.82) is 0 Å². The number of carbonyl (C=O) groups excluding carboxylic acids is 1. The number of hydrogen-bond acceptors (Lipinski definition) is 3. The summed E-state index contributed by atoms with van der Waals surface area (Å²) in [7, 11) is 1.47. The van der Waals surface area contributed by atoms with Crippen molar-refractivity contribution in [3.8, 4) is 0 Å². The van der Waals surface area contributed by atoms with Crippen molar-refractivity contribution < 1.29 is 9.53 Å². The largest absolute Gasteiger partial charge is 0.468 e. The highest BCUT2D eigenvalue weighted by atomic mass is 16.5. The van der Waals surface area contributed by atoms with Crippen molar-refractivity contribution in [1.82, 2.24) is 5.32 Å². The molecule has 0 radical (unpaired) electrons. The van der Waals surface area contributed by atoms with Gasteiger partial charge in [-0.2, -0.15) is 0 Å². The molecular weight excluding hydrogens is 226 g/mol. The molecule has 18 heavy (non-hydrogen) atoms. The summed E-state index contributed by atoms with van der Waals surface area (Å²) in [5, 5.41) is 3.39. The Labute approximate surface area is 112 Å². The van der Waals surface area contributed by atoms with E-state index in [0.717, 1.165) is 18.9 Å². The molecule has 106 valence electrons. The quantitative estimate of drug-likeness (QED) is 0.710. The fourth-order valence-corrected chi connectivity index (χ4v) is 2.80. The Bertz CT molecular complexity index is 237. The first-order valence-electron chi connectivity index (χ1n) is 7.50. The lowest BCUT2D eigenvalue weighted by molar-refractivity contribution is -0.144. The molecule has 3 nitrogen and oxygen atoms in total. The van der Waals surface area contributed by atoms with Gasteiger partial charge in [-0.05, 0) is 24.8 Å². The predicted octanol–water partition coefficient (Wildman–Crippen LogP) is 3.13. The van der Waals surface area contributed by atoms with Gasteiger partial charge in [0.15, 0.2) is 0 Å². The van der Waals surface area contributed by atoms with Crippen LogP contribution in [0.4, 0.5) is 0 Å². The van der Waals surface area contributed by atoms with Crippen LogP contribution in [0.3, 0.4) is 0 Å². The standard InChI is InChI=1S/C15H29NO2/c1-4-12(2)14(15(17)18-3)16-11-10-13-8-6-5-7-9-13/h12-14,16H,4-11H2,1-3H3. The summed E-state index contributed by atoms with van der Waals surface area (Å²) in [4.78, 5) is 11.7. The molecule has 2 unspecified atom stereocenters. The number of methoxy groups -OCH3 is 1. The summed E-state index contributed by atoms with van der Waals surface area (Å²) in [6.07, 6.45) is 9.11. The minimum atomic E-state index is -0.136. The first-order valence-corrected chi connectivity index (χ1v) is 7.50. The Morgan fingerprint density at radius 2 is 2.00 bits per heavy atom. The highest BCUT2D eigenvalue weighted by Crippen LogP contribution is 2.25. The zero-order valence-electron chi connectivity index (χ0n) is 12.2. The summed E-state index contributed by atoms with van der Waals surface area (Å²) >= 11 is 0.